The molecule has 1 aliphatic rings. The van der Waals surface area contributed by atoms with Crippen LogP contribution in [0.1, 0.15) is 38.7 Å². The van der Waals surface area contributed by atoms with Crippen LogP contribution in [0.3, 0.4) is 0 Å². The molecule has 0 aromatic carbocycles. The summed E-state index contributed by atoms with van der Waals surface area (Å²) in [5, 5.41) is 9.35. The Hall–Kier alpha value is -2.52. The fourth-order valence-electron chi connectivity index (χ4n) is 3.18. The van der Waals surface area contributed by atoms with Gasteiger partial charge in [0.15, 0.2) is 0 Å². The van der Waals surface area contributed by atoms with E-state index in [1.807, 2.05) is 0 Å². The van der Waals surface area contributed by atoms with Crippen molar-refractivity contribution >= 4 is 12.0 Å². The molecule has 0 saturated carbocycles. The van der Waals surface area contributed by atoms with Crippen LogP contribution >= 0.6 is 0 Å². The van der Waals surface area contributed by atoms with Crippen LogP contribution in [0.4, 0.5) is 18.0 Å². The lowest BCUT2D eigenvalue weighted by Crippen LogP contribution is -2.56. The lowest BCUT2D eigenvalue weighted by molar-refractivity contribution is -0.147. The average Bonchev–Trinajstić information content (AvgIpc) is 2.64. The molecular formula is C18H24F3N3O4. The largest absolute Gasteiger partial charge is 0.476 e. The standard InChI is InChI=1S/C18H24F3N3O4/c1-17(2,11-28-14-12(18(19,20)21)7-6-9-22-14)15(25)23(3)13-8-4-5-10-24(13)16(26)27/h6-7,9,13H,4-5,8,10-11H2,1-3H3,(H,26,27). The molecule has 156 valence electrons. The molecule has 10 heteroatoms. The lowest BCUT2D eigenvalue weighted by atomic mass is 9.92. The summed E-state index contributed by atoms with van der Waals surface area (Å²) in [7, 11) is 1.50. The molecule has 0 bridgehead atoms. The van der Waals surface area contributed by atoms with Gasteiger partial charge in [0.05, 0.1) is 5.41 Å². The van der Waals surface area contributed by atoms with Crippen LogP contribution in [0, 0.1) is 5.41 Å². The van der Waals surface area contributed by atoms with Crippen LogP contribution in [0.25, 0.3) is 0 Å². The van der Waals surface area contributed by atoms with E-state index < -0.39 is 41.2 Å². The van der Waals surface area contributed by atoms with Crippen molar-refractivity contribution < 1.29 is 32.6 Å². The van der Waals surface area contributed by atoms with Gasteiger partial charge in [0.2, 0.25) is 11.8 Å². The number of carbonyl (C=O) groups excluding carboxylic acids is 1. The second kappa shape index (κ2) is 8.24. The Labute approximate surface area is 161 Å². The van der Waals surface area contributed by atoms with Crippen molar-refractivity contribution in [2.45, 2.75) is 45.5 Å². The number of carbonyl (C=O) groups is 2. The van der Waals surface area contributed by atoms with Gasteiger partial charge < -0.3 is 14.7 Å². The van der Waals surface area contributed by atoms with Crippen molar-refractivity contribution in [2.75, 3.05) is 20.2 Å². The minimum absolute atomic E-state index is 0.331. The Kier molecular flexibility index (Phi) is 6.41. The van der Waals surface area contributed by atoms with Crippen LogP contribution in [-0.2, 0) is 11.0 Å². The van der Waals surface area contributed by atoms with Gasteiger partial charge in [-0.3, -0.25) is 9.69 Å². The van der Waals surface area contributed by atoms with Crippen molar-refractivity contribution in [1.82, 2.24) is 14.8 Å². The van der Waals surface area contributed by atoms with Crippen molar-refractivity contribution in [3.63, 3.8) is 0 Å². The SMILES string of the molecule is CN(C(=O)C(C)(C)COc1ncccc1C(F)(F)F)C1CCCCN1C(=O)O. The summed E-state index contributed by atoms with van der Waals surface area (Å²) in [6.45, 7) is 3.07. The minimum Gasteiger partial charge on any atom is -0.476 e. The Morgan fingerprint density at radius 2 is 2.04 bits per heavy atom. The number of amides is 2. The highest BCUT2D eigenvalue weighted by atomic mass is 19.4. The van der Waals surface area contributed by atoms with Crippen molar-refractivity contribution in [1.29, 1.82) is 0 Å². The summed E-state index contributed by atoms with van der Waals surface area (Å²) in [5.41, 5.74) is -2.20. The van der Waals surface area contributed by atoms with Gasteiger partial charge in [0.1, 0.15) is 18.3 Å². The molecule has 1 unspecified atom stereocenters. The highest BCUT2D eigenvalue weighted by Gasteiger charge is 2.40. The maximum absolute atomic E-state index is 13.1. The summed E-state index contributed by atoms with van der Waals surface area (Å²) in [6, 6.07) is 2.01. The van der Waals surface area contributed by atoms with Gasteiger partial charge in [-0.1, -0.05) is 0 Å². The molecular weight excluding hydrogens is 379 g/mol. The summed E-state index contributed by atoms with van der Waals surface area (Å²) >= 11 is 0. The maximum atomic E-state index is 13.1. The molecule has 2 heterocycles. The van der Waals surface area contributed by atoms with Crippen LogP contribution < -0.4 is 4.74 Å². The maximum Gasteiger partial charge on any atom is 0.421 e. The number of ether oxygens (including phenoxy) is 1. The monoisotopic (exact) mass is 403 g/mol. The number of hydrogen-bond donors (Lipinski definition) is 1. The van der Waals surface area contributed by atoms with E-state index in [1.165, 1.54) is 36.9 Å². The third-order valence-corrected chi connectivity index (χ3v) is 4.71. The van der Waals surface area contributed by atoms with E-state index in [2.05, 4.69) is 4.98 Å². The van der Waals surface area contributed by atoms with Gasteiger partial charge in [-0.05, 0) is 45.2 Å². The number of pyridine rings is 1. The van der Waals surface area contributed by atoms with E-state index >= 15 is 0 Å². The molecule has 0 radical (unpaired) electrons. The number of carboxylic acid groups (broad SMARTS) is 1. The molecule has 1 fully saturated rings. The summed E-state index contributed by atoms with van der Waals surface area (Å²) in [6.07, 6.45) is -3.16. The molecule has 2 rings (SSSR count). The average molecular weight is 403 g/mol. The zero-order chi connectivity index (χ0) is 21.1. The zero-order valence-electron chi connectivity index (χ0n) is 16.0. The molecule has 1 aromatic heterocycles. The smallest absolute Gasteiger partial charge is 0.421 e. The molecule has 1 saturated heterocycles. The minimum atomic E-state index is -4.63. The molecule has 1 atom stereocenters. The predicted molar refractivity (Wildman–Crippen MR) is 93.7 cm³/mol. The molecule has 0 spiro atoms. The second-order valence-corrected chi connectivity index (χ2v) is 7.39. The summed E-state index contributed by atoms with van der Waals surface area (Å²) in [5.74, 6) is -1.02. The van der Waals surface area contributed by atoms with E-state index in [0.717, 1.165) is 25.0 Å². The molecule has 1 aromatic rings. The van der Waals surface area contributed by atoms with Crippen LogP contribution in [0.15, 0.2) is 18.3 Å². The topological polar surface area (TPSA) is 83.0 Å². The van der Waals surface area contributed by atoms with Gasteiger partial charge in [-0.15, -0.1) is 0 Å². The summed E-state index contributed by atoms with van der Waals surface area (Å²) in [4.78, 5) is 30.5. The third kappa shape index (κ3) is 4.85. The number of hydrogen-bond acceptors (Lipinski definition) is 4. The number of aromatic nitrogens is 1. The zero-order valence-corrected chi connectivity index (χ0v) is 16.0. The highest BCUT2D eigenvalue weighted by molar-refractivity contribution is 5.82. The van der Waals surface area contributed by atoms with E-state index in [9.17, 15) is 27.9 Å². The molecule has 2 amide bonds. The van der Waals surface area contributed by atoms with Gasteiger partial charge >= 0.3 is 12.3 Å². The van der Waals surface area contributed by atoms with Crippen LogP contribution in [0.2, 0.25) is 0 Å². The third-order valence-electron chi connectivity index (χ3n) is 4.71. The summed E-state index contributed by atoms with van der Waals surface area (Å²) < 4.78 is 44.4. The molecule has 1 N–H and O–H groups in total. The number of likely N-dealkylation sites (tertiary alicyclic amines) is 1. The Balaban J connectivity index is 2.12. The number of nitrogens with zero attached hydrogens (tertiary/aromatic N) is 3. The van der Waals surface area contributed by atoms with Gasteiger partial charge in [-0.25, -0.2) is 9.78 Å². The van der Waals surface area contributed by atoms with Crippen molar-refractivity contribution in [2.24, 2.45) is 5.41 Å². The first-order chi connectivity index (χ1) is 12.9. The number of halogens is 3. The van der Waals surface area contributed by atoms with Gasteiger partial charge in [-0.2, -0.15) is 13.2 Å². The molecule has 1 aliphatic heterocycles. The fourth-order valence-corrected chi connectivity index (χ4v) is 3.18. The first-order valence-corrected chi connectivity index (χ1v) is 8.87. The number of alkyl halides is 3. The molecule has 0 aliphatic carbocycles. The van der Waals surface area contributed by atoms with Gasteiger partial charge in [0.25, 0.3) is 0 Å². The van der Waals surface area contributed by atoms with Crippen LogP contribution in [0.5, 0.6) is 5.88 Å². The van der Waals surface area contributed by atoms with Crippen LogP contribution in [-0.4, -0.2) is 58.3 Å². The first kappa shape index (κ1) is 21.8. The Morgan fingerprint density at radius 1 is 1.36 bits per heavy atom. The number of rotatable bonds is 5. The first-order valence-electron chi connectivity index (χ1n) is 8.87. The van der Waals surface area contributed by atoms with Crippen molar-refractivity contribution in [3.05, 3.63) is 23.9 Å². The predicted octanol–water partition coefficient (Wildman–Crippen LogP) is 3.45. The lowest BCUT2D eigenvalue weighted by Gasteiger charge is -2.41. The van der Waals surface area contributed by atoms with E-state index in [1.54, 1.807) is 0 Å². The van der Waals surface area contributed by atoms with Crippen molar-refractivity contribution in [3.8, 4) is 5.88 Å². The second-order valence-electron chi connectivity index (χ2n) is 7.39. The fraction of sp³-hybridized carbons (Fsp3) is 0.611. The number of piperidine rings is 1. The quantitative estimate of drug-likeness (QED) is 0.814. The van der Waals surface area contributed by atoms with E-state index in [0.29, 0.717) is 13.0 Å². The Bertz CT molecular complexity index is 724. The van der Waals surface area contributed by atoms with E-state index in [4.69, 9.17) is 4.74 Å². The Morgan fingerprint density at radius 3 is 2.64 bits per heavy atom. The highest BCUT2D eigenvalue weighted by Crippen LogP contribution is 2.35. The van der Waals surface area contributed by atoms with E-state index in [-0.39, 0.29) is 6.61 Å². The molecule has 28 heavy (non-hydrogen) atoms. The molecule has 7 nitrogen and oxygen atoms in total. The normalized spacial score (nSPS) is 17.9. The van der Waals surface area contributed by atoms with Gasteiger partial charge in [0, 0.05) is 19.8 Å².